The van der Waals surface area contributed by atoms with Crippen molar-refractivity contribution in [2.75, 3.05) is 7.11 Å². The zero-order chi connectivity index (χ0) is 10.1. The molecule has 1 atom stereocenters. The van der Waals surface area contributed by atoms with Crippen molar-refractivity contribution in [1.82, 2.24) is 0 Å². The van der Waals surface area contributed by atoms with Gasteiger partial charge < -0.3 is 10.5 Å². The molecule has 0 bridgehead atoms. The minimum atomic E-state index is 0.110. The van der Waals surface area contributed by atoms with Gasteiger partial charge in [0, 0.05) is 15.6 Å². The highest BCUT2D eigenvalue weighted by Crippen LogP contribution is 2.31. The molecule has 1 heterocycles. The van der Waals surface area contributed by atoms with Crippen LogP contribution in [0.1, 0.15) is 17.8 Å². The molecule has 0 fully saturated rings. The lowest BCUT2D eigenvalue weighted by atomic mass is 10.2. The Bertz CT molecular complexity index is 447. The van der Waals surface area contributed by atoms with Crippen molar-refractivity contribution in [3.63, 3.8) is 0 Å². The molecular formula is C11H13NOS. The van der Waals surface area contributed by atoms with E-state index in [0.29, 0.717) is 0 Å². The Morgan fingerprint density at radius 1 is 1.36 bits per heavy atom. The predicted molar refractivity (Wildman–Crippen MR) is 61.0 cm³/mol. The Kier molecular flexibility index (Phi) is 2.44. The zero-order valence-electron chi connectivity index (χ0n) is 8.28. The molecule has 0 saturated carbocycles. The molecule has 14 heavy (non-hydrogen) atoms. The van der Waals surface area contributed by atoms with Gasteiger partial charge in [0.2, 0.25) is 0 Å². The first-order chi connectivity index (χ1) is 6.70. The Morgan fingerprint density at radius 2 is 2.14 bits per heavy atom. The topological polar surface area (TPSA) is 35.2 Å². The number of hydrogen-bond donors (Lipinski definition) is 1. The highest BCUT2D eigenvalue weighted by molar-refractivity contribution is 7.19. The summed E-state index contributed by atoms with van der Waals surface area (Å²) in [5.41, 5.74) is 5.83. The van der Waals surface area contributed by atoms with E-state index in [1.54, 1.807) is 18.4 Å². The average molecular weight is 207 g/mol. The summed E-state index contributed by atoms with van der Waals surface area (Å²) in [4.78, 5) is 1.22. The Hall–Kier alpha value is -1.06. The van der Waals surface area contributed by atoms with Gasteiger partial charge in [-0.1, -0.05) is 0 Å². The SMILES string of the molecule is COc1ccc2cc(C(C)N)sc2c1. The maximum absolute atomic E-state index is 5.83. The lowest BCUT2D eigenvalue weighted by Gasteiger charge is -1.97. The van der Waals surface area contributed by atoms with Crippen molar-refractivity contribution in [2.45, 2.75) is 13.0 Å². The number of ether oxygens (including phenoxy) is 1. The van der Waals surface area contributed by atoms with Gasteiger partial charge >= 0.3 is 0 Å². The number of thiophene rings is 1. The first-order valence-electron chi connectivity index (χ1n) is 4.54. The van der Waals surface area contributed by atoms with Crippen LogP contribution in [-0.4, -0.2) is 7.11 Å². The van der Waals surface area contributed by atoms with Crippen molar-refractivity contribution in [1.29, 1.82) is 0 Å². The van der Waals surface area contributed by atoms with Crippen LogP contribution in [0.2, 0.25) is 0 Å². The second-order valence-corrected chi connectivity index (χ2v) is 4.46. The normalized spacial score (nSPS) is 13.1. The van der Waals surface area contributed by atoms with Gasteiger partial charge in [0.15, 0.2) is 0 Å². The van der Waals surface area contributed by atoms with Crippen LogP contribution in [0.4, 0.5) is 0 Å². The predicted octanol–water partition coefficient (Wildman–Crippen LogP) is 2.93. The average Bonchev–Trinajstić information content (AvgIpc) is 2.59. The van der Waals surface area contributed by atoms with Gasteiger partial charge in [-0.2, -0.15) is 0 Å². The summed E-state index contributed by atoms with van der Waals surface area (Å²) >= 11 is 1.73. The highest BCUT2D eigenvalue weighted by Gasteiger charge is 2.05. The molecule has 0 spiro atoms. The molecule has 0 aliphatic rings. The molecule has 0 amide bonds. The minimum absolute atomic E-state index is 0.110. The van der Waals surface area contributed by atoms with Gasteiger partial charge in [0.1, 0.15) is 5.75 Å². The monoisotopic (exact) mass is 207 g/mol. The fourth-order valence-electron chi connectivity index (χ4n) is 1.38. The van der Waals surface area contributed by atoms with Crippen LogP contribution in [0.3, 0.4) is 0 Å². The molecule has 0 radical (unpaired) electrons. The maximum atomic E-state index is 5.83. The van der Waals surface area contributed by atoms with E-state index in [1.165, 1.54) is 15.0 Å². The summed E-state index contributed by atoms with van der Waals surface area (Å²) in [5, 5.41) is 1.24. The molecule has 1 aromatic carbocycles. The number of nitrogens with two attached hydrogens (primary N) is 1. The van der Waals surface area contributed by atoms with Crippen molar-refractivity contribution < 1.29 is 4.74 Å². The summed E-state index contributed by atoms with van der Waals surface area (Å²) in [5.74, 6) is 0.899. The molecule has 2 rings (SSSR count). The minimum Gasteiger partial charge on any atom is -0.497 e. The lowest BCUT2D eigenvalue weighted by molar-refractivity contribution is 0.415. The van der Waals surface area contributed by atoms with Gasteiger partial charge in [0.25, 0.3) is 0 Å². The third kappa shape index (κ3) is 1.61. The van der Waals surface area contributed by atoms with E-state index >= 15 is 0 Å². The van der Waals surface area contributed by atoms with Crippen LogP contribution in [0.25, 0.3) is 10.1 Å². The number of hydrogen-bond acceptors (Lipinski definition) is 3. The van der Waals surface area contributed by atoms with Crippen LogP contribution in [0.5, 0.6) is 5.75 Å². The van der Waals surface area contributed by atoms with Crippen molar-refractivity contribution in [2.24, 2.45) is 5.73 Å². The lowest BCUT2D eigenvalue weighted by Crippen LogP contribution is -2.01. The number of benzene rings is 1. The van der Waals surface area contributed by atoms with E-state index in [4.69, 9.17) is 10.5 Å². The quantitative estimate of drug-likeness (QED) is 0.821. The Morgan fingerprint density at radius 3 is 2.79 bits per heavy atom. The van der Waals surface area contributed by atoms with Gasteiger partial charge in [0.05, 0.1) is 7.11 Å². The molecule has 1 aromatic heterocycles. The third-order valence-corrected chi connectivity index (χ3v) is 3.49. The Labute approximate surface area is 87.3 Å². The molecule has 2 aromatic rings. The van der Waals surface area contributed by atoms with E-state index in [2.05, 4.69) is 12.1 Å². The van der Waals surface area contributed by atoms with Crippen molar-refractivity contribution >= 4 is 21.4 Å². The third-order valence-electron chi connectivity index (χ3n) is 2.20. The van der Waals surface area contributed by atoms with Gasteiger partial charge in [-0.3, -0.25) is 0 Å². The summed E-state index contributed by atoms with van der Waals surface area (Å²) in [6.45, 7) is 2.00. The molecule has 0 aliphatic heterocycles. The van der Waals surface area contributed by atoms with Crippen LogP contribution in [-0.2, 0) is 0 Å². The number of fused-ring (bicyclic) bond motifs is 1. The summed E-state index contributed by atoms with van der Waals surface area (Å²) < 4.78 is 6.40. The molecular weight excluding hydrogens is 194 g/mol. The van der Waals surface area contributed by atoms with Gasteiger partial charge in [-0.25, -0.2) is 0 Å². The highest BCUT2D eigenvalue weighted by atomic mass is 32.1. The first kappa shape index (κ1) is 9.49. The van der Waals surface area contributed by atoms with Crippen LogP contribution in [0.15, 0.2) is 24.3 Å². The fourth-order valence-corrected chi connectivity index (χ4v) is 2.43. The summed E-state index contributed by atoms with van der Waals surface area (Å²) in [6.07, 6.45) is 0. The van der Waals surface area contributed by atoms with Crippen molar-refractivity contribution in [3.05, 3.63) is 29.1 Å². The summed E-state index contributed by atoms with van der Waals surface area (Å²) in [6, 6.07) is 8.34. The second-order valence-electron chi connectivity index (χ2n) is 3.34. The van der Waals surface area contributed by atoms with Crippen LogP contribution >= 0.6 is 11.3 Å². The second kappa shape index (κ2) is 3.59. The fraction of sp³-hybridized carbons (Fsp3) is 0.273. The number of rotatable bonds is 2. The van der Waals surface area contributed by atoms with Crippen LogP contribution in [0, 0.1) is 0 Å². The smallest absolute Gasteiger partial charge is 0.120 e. The van der Waals surface area contributed by atoms with Crippen molar-refractivity contribution in [3.8, 4) is 5.75 Å². The zero-order valence-corrected chi connectivity index (χ0v) is 9.10. The van der Waals surface area contributed by atoms with Crippen LogP contribution < -0.4 is 10.5 Å². The largest absolute Gasteiger partial charge is 0.497 e. The first-order valence-corrected chi connectivity index (χ1v) is 5.35. The molecule has 0 saturated heterocycles. The molecule has 2 N–H and O–H groups in total. The summed E-state index contributed by atoms with van der Waals surface area (Å²) in [7, 11) is 1.68. The molecule has 0 aliphatic carbocycles. The Balaban J connectivity index is 2.54. The van der Waals surface area contributed by atoms with Gasteiger partial charge in [-0.05, 0) is 36.6 Å². The van der Waals surface area contributed by atoms with E-state index in [9.17, 15) is 0 Å². The molecule has 1 unspecified atom stereocenters. The molecule has 74 valence electrons. The van der Waals surface area contributed by atoms with E-state index < -0.39 is 0 Å². The molecule has 2 nitrogen and oxygen atoms in total. The van der Waals surface area contributed by atoms with E-state index in [1.807, 2.05) is 19.1 Å². The molecule has 3 heteroatoms. The number of methoxy groups -OCH3 is 1. The van der Waals surface area contributed by atoms with E-state index in [0.717, 1.165) is 5.75 Å². The standard InChI is InChI=1S/C11H13NOS/c1-7(12)10-5-8-3-4-9(13-2)6-11(8)14-10/h3-7H,12H2,1-2H3. The maximum Gasteiger partial charge on any atom is 0.120 e. The van der Waals surface area contributed by atoms with E-state index in [-0.39, 0.29) is 6.04 Å². The van der Waals surface area contributed by atoms with Gasteiger partial charge in [-0.15, -0.1) is 11.3 Å².